The number of carboxylic acids is 1. The fraction of sp³-hybridized carbons (Fsp3) is 0.250. The van der Waals surface area contributed by atoms with Crippen molar-refractivity contribution in [3.8, 4) is 0 Å². The summed E-state index contributed by atoms with van der Waals surface area (Å²) < 4.78 is 2.27. The Labute approximate surface area is 159 Å². The minimum atomic E-state index is -0.723. The highest BCUT2D eigenvalue weighted by atomic mass is 79.9. The smallest absolute Gasteiger partial charge is 0.320 e. The van der Waals surface area contributed by atoms with Crippen molar-refractivity contribution >= 4 is 43.3 Å². The first kappa shape index (κ1) is 16.8. The van der Waals surface area contributed by atoms with E-state index >= 15 is 0 Å². The van der Waals surface area contributed by atoms with Gasteiger partial charge < -0.3 is 5.11 Å². The van der Waals surface area contributed by atoms with Gasteiger partial charge in [-0.05, 0) is 52.9 Å². The van der Waals surface area contributed by atoms with Crippen LogP contribution in [0.5, 0.6) is 0 Å². The number of carbonyl (C=O) groups is 1. The summed E-state index contributed by atoms with van der Waals surface area (Å²) in [5.41, 5.74) is 2.34. The van der Waals surface area contributed by atoms with Crippen molar-refractivity contribution in [3.63, 3.8) is 0 Å². The average Bonchev–Trinajstić information content (AvgIpc) is 3.25. The van der Waals surface area contributed by atoms with E-state index in [1.54, 1.807) is 11.3 Å². The van der Waals surface area contributed by atoms with Gasteiger partial charge in [-0.25, -0.2) is 0 Å². The van der Waals surface area contributed by atoms with Crippen LogP contribution in [0, 0.1) is 0 Å². The summed E-state index contributed by atoms with van der Waals surface area (Å²) in [6, 6.07) is 16.2. The number of benzene rings is 2. The number of rotatable bonds is 4. The molecule has 0 spiro atoms. The number of fused-ring (bicyclic) bond motifs is 1. The maximum atomic E-state index is 11.8. The number of aliphatic carboxylic acids is 1. The van der Waals surface area contributed by atoms with Gasteiger partial charge in [0.05, 0.1) is 6.04 Å². The molecule has 2 atom stereocenters. The first-order chi connectivity index (χ1) is 12.1. The lowest BCUT2D eigenvalue weighted by molar-refractivity contribution is -0.142. The third-order valence-electron chi connectivity index (χ3n) is 4.90. The SMILES string of the molecule is O=C(O)C1CCCN1C(c1ccc(Br)cc1)c1csc2ccccc12. The highest BCUT2D eigenvalue weighted by Gasteiger charge is 2.37. The molecule has 2 unspecified atom stereocenters. The van der Waals surface area contributed by atoms with E-state index in [1.807, 2.05) is 18.2 Å². The Kier molecular flexibility index (Phi) is 4.63. The van der Waals surface area contributed by atoms with Gasteiger partial charge in [-0.1, -0.05) is 46.3 Å². The topological polar surface area (TPSA) is 40.5 Å². The van der Waals surface area contributed by atoms with E-state index in [-0.39, 0.29) is 6.04 Å². The Morgan fingerprint density at radius 2 is 1.96 bits per heavy atom. The summed E-state index contributed by atoms with van der Waals surface area (Å²) in [7, 11) is 0. The molecule has 1 aromatic heterocycles. The van der Waals surface area contributed by atoms with Crippen LogP contribution in [0.2, 0.25) is 0 Å². The van der Waals surface area contributed by atoms with E-state index in [0.717, 1.165) is 23.0 Å². The van der Waals surface area contributed by atoms with Crippen LogP contribution in [0.4, 0.5) is 0 Å². The van der Waals surface area contributed by atoms with Crippen molar-refractivity contribution in [2.45, 2.75) is 24.9 Å². The molecule has 0 radical (unpaired) electrons. The zero-order valence-corrected chi connectivity index (χ0v) is 16.0. The molecule has 0 saturated carbocycles. The molecule has 0 bridgehead atoms. The Hall–Kier alpha value is -1.69. The van der Waals surface area contributed by atoms with Crippen LogP contribution in [0.25, 0.3) is 10.1 Å². The van der Waals surface area contributed by atoms with Crippen LogP contribution < -0.4 is 0 Å². The largest absolute Gasteiger partial charge is 0.480 e. The third-order valence-corrected chi connectivity index (χ3v) is 6.41. The van der Waals surface area contributed by atoms with Crippen molar-refractivity contribution in [3.05, 3.63) is 69.5 Å². The molecule has 4 rings (SSSR count). The molecule has 1 aliphatic heterocycles. The molecule has 1 N–H and O–H groups in total. The van der Waals surface area contributed by atoms with Crippen LogP contribution in [-0.4, -0.2) is 28.6 Å². The zero-order valence-electron chi connectivity index (χ0n) is 13.6. The molecule has 2 aromatic carbocycles. The minimum absolute atomic E-state index is 0.0344. The number of hydrogen-bond donors (Lipinski definition) is 1. The number of thiophene rings is 1. The Bertz CT molecular complexity index is 905. The van der Waals surface area contributed by atoms with Gasteiger partial charge in [0.25, 0.3) is 0 Å². The Morgan fingerprint density at radius 1 is 1.20 bits per heavy atom. The van der Waals surface area contributed by atoms with Crippen LogP contribution in [0.1, 0.15) is 30.0 Å². The standard InChI is InChI=1S/C20H18BrNO2S/c21-14-9-7-13(8-10-14)19(22-11-3-5-17(22)20(23)24)16-12-25-18-6-2-1-4-15(16)18/h1-2,4,6-10,12,17,19H,3,5,11H2,(H,23,24). The lowest BCUT2D eigenvalue weighted by atomic mass is 9.96. The van der Waals surface area contributed by atoms with Gasteiger partial charge in [-0.3, -0.25) is 9.69 Å². The molecule has 1 saturated heterocycles. The van der Waals surface area contributed by atoms with E-state index in [4.69, 9.17) is 0 Å². The average molecular weight is 416 g/mol. The molecule has 1 aliphatic rings. The fourth-order valence-corrected chi connectivity index (χ4v) is 5.01. The van der Waals surface area contributed by atoms with E-state index in [9.17, 15) is 9.90 Å². The molecule has 3 nitrogen and oxygen atoms in total. The lowest BCUT2D eigenvalue weighted by Crippen LogP contribution is -2.39. The molecule has 25 heavy (non-hydrogen) atoms. The number of hydrogen-bond acceptors (Lipinski definition) is 3. The van der Waals surface area contributed by atoms with Gasteiger partial charge in [-0.15, -0.1) is 11.3 Å². The van der Waals surface area contributed by atoms with Crippen molar-refractivity contribution in [1.29, 1.82) is 0 Å². The number of likely N-dealkylation sites (tertiary alicyclic amines) is 1. The second kappa shape index (κ2) is 6.90. The van der Waals surface area contributed by atoms with Crippen molar-refractivity contribution in [2.24, 2.45) is 0 Å². The molecule has 3 aromatic rings. The third kappa shape index (κ3) is 3.12. The molecule has 1 fully saturated rings. The maximum absolute atomic E-state index is 11.8. The Balaban J connectivity index is 1.86. The number of halogens is 1. The van der Waals surface area contributed by atoms with E-state index in [0.29, 0.717) is 6.42 Å². The Morgan fingerprint density at radius 3 is 2.72 bits per heavy atom. The van der Waals surface area contributed by atoms with E-state index in [2.05, 4.69) is 56.5 Å². The van der Waals surface area contributed by atoms with Crippen LogP contribution in [0.15, 0.2) is 58.4 Å². The van der Waals surface area contributed by atoms with Gasteiger partial charge in [0.2, 0.25) is 0 Å². The van der Waals surface area contributed by atoms with E-state index < -0.39 is 12.0 Å². The van der Waals surface area contributed by atoms with Crippen LogP contribution >= 0.6 is 27.3 Å². The highest BCUT2D eigenvalue weighted by Crippen LogP contribution is 2.40. The summed E-state index contributed by atoms with van der Waals surface area (Å²) in [5, 5.41) is 13.1. The van der Waals surface area contributed by atoms with Crippen LogP contribution in [0.3, 0.4) is 0 Å². The lowest BCUT2D eigenvalue weighted by Gasteiger charge is -2.31. The van der Waals surface area contributed by atoms with Crippen molar-refractivity contribution < 1.29 is 9.90 Å². The molecular formula is C20H18BrNO2S. The molecular weight excluding hydrogens is 398 g/mol. The van der Waals surface area contributed by atoms with E-state index in [1.165, 1.54) is 15.6 Å². The normalized spacial score (nSPS) is 19.3. The van der Waals surface area contributed by atoms with Gasteiger partial charge in [-0.2, -0.15) is 0 Å². The molecule has 2 heterocycles. The second-order valence-electron chi connectivity index (χ2n) is 6.38. The monoisotopic (exact) mass is 415 g/mol. The van der Waals surface area contributed by atoms with Gasteiger partial charge >= 0.3 is 5.97 Å². The zero-order chi connectivity index (χ0) is 17.4. The summed E-state index contributed by atoms with van der Waals surface area (Å²) in [6.45, 7) is 0.807. The number of nitrogens with zero attached hydrogens (tertiary/aromatic N) is 1. The number of carboxylic acid groups (broad SMARTS) is 1. The molecule has 5 heteroatoms. The molecule has 0 aliphatic carbocycles. The maximum Gasteiger partial charge on any atom is 0.320 e. The predicted molar refractivity (Wildman–Crippen MR) is 105 cm³/mol. The second-order valence-corrected chi connectivity index (χ2v) is 8.20. The highest BCUT2D eigenvalue weighted by molar-refractivity contribution is 9.10. The fourth-order valence-electron chi connectivity index (χ4n) is 3.77. The van der Waals surface area contributed by atoms with Crippen molar-refractivity contribution in [2.75, 3.05) is 6.54 Å². The first-order valence-electron chi connectivity index (χ1n) is 8.35. The predicted octanol–water partition coefficient (Wildman–Crippen LogP) is 5.30. The van der Waals surface area contributed by atoms with Gasteiger partial charge in [0.1, 0.15) is 6.04 Å². The van der Waals surface area contributed by atoms with Crippen molar-refractivity contribution in [1.82, 2.24) is 4.90 Å². The van der Waals surface area contributed by atoms with Gasteiger partial charge in [0, 0.05) is 15.7 Å². The molecule has 128 valence electrons. The molecule has 0 amide bonds. The summed E-state index contributed by atoms with van der Waals surface area (Å²) in [5.74, 6) is -0.723. The van der Waals surface area contributed by atoms with Crippen LogP contribution in [-0.2, 0) is 4.79 Å². The van der Waals surface area contributed by atoms with Gasteiger partial charge in [0.15, 0.2) is 0 Å². The quantitative estimate of drug-likeness (QED) is 0.627. The summed E-state index contributed by atoms with van der Waals surface area (Å²) >= 11 is 5.22. The minimum Gasteiger partial charge on any atom is -0.480 e. The summed E-state index contributed by atoms with van der Waals surface area (Å²) in [4.78, 5) is 13.9. The summed E-state index contributed by atoms with van der Waals surface area (Å²) in [6.07, 6.45) is 1.64. The first-order valence-corrected chi connectivity index (χ1v) is 10.0.